The molecular formula is C13H16N2O. The molecule has 0 aliphatic rings. The summed E-state index contributed by atoms with van der Waals surface area (Å²) in [6.45, 7) is 1.80. The summed E-state index contributed by atoms with van der Waals surface area (Å²) in [6, 6.07) is 8.16. The number of aromatic nitrogens is 2. The van der Waals surface area contributed by atoms with Gasteiger partial charge in [0.05, 0.1) is 6.10 Å². The molecule has 16 heavy (non-hydrogen) atoms. The van der Waals surface area contributed by atoms with E-state index in [4.69, 9.17) is 0 Å². The molecule has 0 radical (unpaired) electrons. The topological polar surface area (TPSA) is 38.1 Å². The van der Waals surface area contributed by atoms with Crippen LogP contribution in [0.4, 0.5) is 0 Å². The van der Waals surface area contributed by atoms with Crippen molar-refractivity contribution in [1.29, 1.82) is 0 Å². The highest BCUT2D eigenvalue weighted by Crippen LogP contribution is 2.17. The van der Waals surface area contributed by atoms with Crippen LogP contribution in [0.1, 0.15) is 12.5 Å². The van der Waals surface area contributed by atoms with E-state index < -0.39 is 0 Å². The molecule has 0 spiro atoms. The average Bonchev–Trinajstić information content (AvgIpc) is 2.65. The first kappa shape index (κ1) is 10.9. The molecule has 1 heterocycles. The van der Waals surface area contributed by atoms with E-state index in [0.717, 1.165) is 17.0 Å². The van der Waals surface area contributed by atoms with Crippen LogP contribution in [0.2, 0.25) is 0 Å². The number of nitrogens with zero attached hydrogens (tertiary/aromatic N) is 2. The predicted molar refractivity (Wildman–Crippen MR) is 64.0 cm³/mol. The van der Waals surface area contributed by atoms with E-state index in [2.05, 4.69) is 4.98 Å². The minimum atomic E-state index is -0.293. The number of aliphatic hydroxyl groups excluding tert-OH is 1. The molecule has 3 heteroatoms. The lowest BCUT2D eigenvalue weighted by Crippen LogP contribution is -2.03. The molecule has 3 nitrogen and oxygen atoms in total. The first-order valence-electron chi connectivity index (χ1n) is 5.41. The maximum Gasteiger partial charge on any atom is 0.139 e. The highest BCUT2D eigenvalue weighted by Gasteiger charge is 2.03. The molecule has 1 aromatic carbocycles. The van der Waals surface area contributed by atoms with Gasteiger partial charge in [0.15, 0.2) is 0 Å². The van der Waals surface area contributed by atoms with Crippen molar-refractivity contribution in [2.24, 2.45) is 7.05 Å². The van der Waals surface area contributed by atoms with Crippen molar-refractivity contribution < 1.29 is 5.11 Å². The Balaban J connectivity index is 2.23. The molecule has 84 valence electrons. The van der Waals surface area contributed by atoms with Crippen molar-refractivity contribution in [3.05, 3.63) is 42.2 Å². The SMILES string of the molecule is CC(O)Cc1ccc(-c2nccn2C)cc1. The molecule has 1 aromatic heterocycles. The summed E-state index contributed by atoms with van der Waals surface area (Å²) in [6.07, 6.45) is 4.12. The average molecular weight is 216 g/mol. The second kappa shape index (κ2) is 4.49. The van der Waals surface area contributed by atoms with Crippen molar-refractivity contribution in [2.45, 2.75) is 19.4 Å². The minimum Gasteiger partial charge on any atom is -0.393 e. The molecule has 1 N–H and O–H groups in total. The zero-order valence-corrected chi connectivity index (χ0v) is 9.59. The van der Waals surface area contributed by atoms with Gasteiger partial charge in [-0.2, -0.15) is 0 Å². The van der Waals surface area contributed by atoms with Crippen molar-refractivity contribution in [3.63, 3.8) is 0 Å². The van der Waals surface area contributed by atoms with Gasteiger partial charge in [-0.05, 0) is 18.9 Å². The monoisotopic (exact) mass is 216 g/mol. The molecule has 0 saturated carbocycles. The number of imidazole rings is 1. The van der Waals surface area contributed by atoms with Gasteiger partial charge in [-0.3, -0.25) is 0 Å². The standard InChI is InChI=1S/C13H16N2O/c1-10(16)9-11-3-5-12(6-4-11)13-14-7-8-15(13)2/h3-8,10,16H,9H2,1-2H3. The Labute approximate surface area is 95.4 Å². The Kier molecular flexibility index (Phi) is 3.06. The summed E-state index contributed by atoms with van der Waals surface area (Å²) < 4.78 is 1.99. The molecular weight excluding hydrogens is 200 g/mol. The van der Waals surface area contributed by atoms with Crippen LogP contribution in [-0.4, -0.2) is 20.8 Å². The summed E-state index contributed by atoms with van der Waals surface area (Å²) in [5.74, 6) is 0.962. The largest absolute Gasteiger partial charge is 0.393 e. The van der Waals surface area contributed by atoms with Gasteiger partial charge in [0.1, 0.15) is 5.82 Å². The molecule has 2 rings (SSSR count). The van der Waals surface area contributed by atoms with Crippen LogP contribution in [0.5, 0.6) is 0 Å². The van der Waals surface area contributed by atoms with E-state index in [9.17, 15) is 5.11 Å². The third kappa shape index (κ3) is 2.31. The molecule has 2 aromatic rings. The van der Waals surface area contributed by atoms with Gasteiger partial charge in [0, 0.05) is 25.0 Å². The van der Waals surface area contributed by atoms with Crippen LogP contribution < -0.4 is 0 Å². The molecule has 0 fully saturated rings. The van der Waals surface area contributed by atoms with Crippen molar-refractivity contribution in [2.75, 3.05) is 0 Å². The Bertz CT molecular complexity index is 457. The van der Waals surface area contributed by atoms with E-state index in [-0.39, 0.29) is 6.10 Å². The molecule has 1 unspecified atom stereocenters. The lowest BCUT2D eigenvalue weighted by Gasteiger charge is -2.06. The van der Waals surface area contributed by atoms with Gasteiger partial charge in [-0.15, -0.1) is 0 Å². The van der Waals surface area contributed by atoms with Crippen LogP contribution >= 0.6 is 0 Å². The van der Waals surface area contributed by atoms with Crippen molar-refractivity contribution in [3.8, 4) is 11.4 Å². The summed E-state index contributed by atoms with van der Waals surface area (Å²) in [5.41, 5.74) is 2.25. The maximum absolute atomic E-state index is 9.29. The lowest BCUT2D eigenvalue weighted by atomic mass is 10.1. The third-order valence-corrected chi connectivity index (χ3v) is 2.56. The number of benzene rings is 1. The van der Waals surface area contributed by atoms with Gasteiger partial charge >= 0.3 is 0 Å². The van der Waals surface area contributed by atoms with Crippen molar-refractivity contribution in [1.82, 2.24) is 9.55 Å². The highest BCUT2D eigenvalue weighted by atomic mass is 16.3. The zero-order valence-electron chi connectivity index (χ0n) is 9.59. The zero-order chi connectivity index (χ0) is 11.5. The first-order valence-corrected chi connectivity index (χ1v) is 5.41. The molecule has 0 aliphatic heterocycles. The smallest absolute Gasteiger partial charge is 0.139 e. The Morgan fingerprint density at radius 2 is 2.00 bits per heavy atom. The fourth-order valence-electron chi connectivity index (χ4n) is 1.77. The fourth-order valence-corrected chi connectivity index (χ4v) is 1.77. The van der Waals surface area contributed by atoms with Crippen LogP contribution in [0.25, 0.3) is 11.4 Å². The number of hydrogen-bond acceptors (Lipinski definition) is 2. The van der Waals surface area contributed by atoms with Gasteiger partial charge in [0.25, 0.3) is 0 Å². The number of rotatable bonds is 3. The fraction of sp³-hybridized carbons (Fsp3) is 0.308. The summed E-state index contributed by atoms with van der Waals surface area (Å²) in [4.78, 5) is 4.29. The van der Waals surface area contributed by atoms with E-state index in [1.165, 1.54) is 0 Å². The molecule has 0 aliphatic carbocycles. The van der Waals surface area contributed by atoms with Crippen LogP contribution in [0, 0.1) is 0 Å². The molecule has 0 bridgehead atoms. The highest BCUT2D eigenvalue weighted by molar-refractivity contribution is 5.55. The maximum atomic E-state index is 9.29. The van der Waals surface area contributed by atoms with Crippen molar-refractivity contribution >= 4 is 0 Å². The number of hydrogen-bond donors (Lipinski definition) is 1. The first-order chi connectivity index (χ1) is 7.66. The van der Waals surface area contributed by atoms with E-state index >= 15 is 0 Å². The van der Waals surface area contributed by atoms with Crippen LogP contribution in [-0.2, 0) is 13.5 Å². The van der Waals surface area contributed by atoms with E-state index in [1.54, 1.807) is 13.1 Å². The third-order valence-electron chi connectivity index (χ3n) is 2.56. The van der Waals surface area contributed by atoms with Gasteiger partial charge in [-0.25, -0.2) is 4.98 Å². The number of aryl methyl sites for hydroxylation is 1. The number of aliphatic hydroxyl groups is 1. The van der Waals surface area contributed by atoms with Gasteiger partial charge < -0.3 is 9.67 Å². The molecule has 0 amide bonds. The lowest BCUT2D eigenvalue weighted by molar-refractivity contribution is 0.195. The van der Waals surface area contributed by atoms with Crippen LogP contribution in [0.3, 0.4) is 0 Å². The Morgan fingerprint density at radius 3 is 2.50 bits per heavy atom. The summed E-state index contributed by atoms with van der Waals surface area (Å²) >= 11 is 0. The molecule has 0 saturated heterocycles. The minimum absolute atomic E-state index is 0.293. The van der Waals surface area contributed by atoms with E-state index in [0.29, 0.717) is 6.42 Å². The summed E-state index contributed by atoms with van der Waals surface area (Å²) in [7, 11) is 1.98. The quantitative estimate of drug-likeness (QED) is 0.852. The van der Waals surface area contributed by atoms with E-state index in [1.807, 2.05) is 42.1 Å². The predicted octanol–water partition coefficient (Wildman–Crippen LogP) is 2.01. The second-order valence-corrected chi connectivity index (χ2v) is 4.11. The Hall–Kier alpha value is -1.61. The molecule has 1 atom stereocenters. The van der Waals surface area contributed by atoms with Gasteiger partial charge in [-0.1, -0.05) is 24.3 Å². The Morgan fingerprint density at radius 1 is 1.31 bits per heavy atom. The summed E-state index contributed by atoms with van der Waals surface area (Å²) in [5, 5.41) is 9.29. The normalized spacial score (nSPS) is 12.7. The van der Waals surface area contributed by atoms with Gasteiger partial charge in [0.2, 0.25) is 0 Å². The second-order valence-electron chi connectivity index (χ2n) is 4.11. The van der Waals surface area contributed by atoms with Crippen LogP contribution in [0.15, 0.2) is 36.7 Å².